The molecule has 0 unspecified atom stereocenters. The Balaban J connectivity index is 1.56. The van der Waals surface area contributed by atoms with Crippen molar-refractivity contribution in [1.82, 2.24) is 10.1 Å². The van der Waals surface area contributed by atoms with E-state index in [1.165, 1.54) is 6.42 Å². The Hall–Kier alpha value is -2.90. The van der Waals surface area contributed by atoms with Crippen molar-refractivity contribution in [2.45, 2.75) is 26.7 Å². The van der Waals surface area contributed by atoms with Gasteiger partial charge in [-0.25, -0.2) is 0 Å². The quantitative estimate of drug-likeness (QED) is 0.380. The zero-order valence-electron chi connectivity index (χ0n) is 19.5. The van der Waals surface area contributed by atoms with Crippen molar-refractivity contribution in [2.75, 3.05) is 62.7 Å². The summed E-state index contributed by atoms with van der Waals surface area (Å²) in [5.74, 6) is 0.719. The van der Waals surface area contributed by atoms with Gasteiger partial charge in [0.1, 0.15) is 5.52 Å². The van der Waals surface area contributed by atoms with Crippen LogP contribution in [0.25, 0.3) is 22.2 Å². The van der Waals surface area contributed by atoms with Crippen LogP contribution in [0.1, 0.15) is 42.6 Å². The van der Waals surface area contributed by atoms with E-state index in [4.69, 9.17) is 9.26 Å². The molecule has 1 aliphatic carbocycles. The fourth-order valence-corrected chi connectivity index (χ4v) is 4.99. The van der Waals surface area contributed by atoms with E-state index in [2.05, 4.69) is 33.3 Å². The van der Waals surface area contributed by atoms with Crippen molar-refractivity contribution >= 4 is 28.1 Å². The number of carbonyl (C=O) groups is 1. The summed E-state index contributed by atoms with van der Waals surface area (Å²) in [6, 6.07) is 9.76. The molecule has 0 amide bonds. The molecule has 0 spiro atoms. The maximum atomic E-state index is 13.6. The second-order valence-electron chi connectivity index (χ2n) is 8.73. The second kappa shape index (κ2) is 9.53. The van der Waals surface area contributed by atoms with E-state index in [0.717, 1.165) is 73.5 Å². The van der Waals surface area contributed by atoms with Crippen molar-refractivity contribution in [1.29, 1.82) is 0 Å². The average Bonchev–Trinajstić information content (AvgIpc) is 3.29. The normalized spacial score (nSPS) is 15.8. The van der Waals surface area contributed by atoms with Crippen LogP contribution in [0.3, 0.4) is 0 Å². The maximum absolute atomic E-state index is 13.6. The minimum atomic E-state index is 0.0259. The number of benzene rings is 2. The van der Waals surface area contributed by atoms with Gasteiger partial charge in [-0.3, -0.25) is 9.69 Å². The van der Waals surface area contributed by atoms with Crippen LogP contribution in [0.4, 0.5) is 11.4 Å². The minimum absolute atomic E-state index is 0.0259. The van der Waals surface area contributed by atoms with Gasteiger partial charge in [0, 0.05) is 62.8 Å². The number of hydrogen-bond donors (Lipinski definition) is 1. The number of hydrogen-bond acceptors (Lipinski definition) is 7. The molecular weight excluding hydrogens is 416 g/mol. The molecule has 1 fully saturated rings. The Morgan fingerprint density at radius 3 is 2.67 bits per heavy atom. The Labute approximate surface area is 194 Å². The van der Waals surface area contributed by atoms with Crippen molar-refractivity contribution in [3.63, 3.8) is 0 Å². The predicted molar refractivity (Wildman–Crippen MR) is 131 cm³/mol. The van der Waals surface area contributed by atoms with Gasteiger partial charge in [0.25, 0.3) is 0 Å². The fourth-order valence-electron chi connectivity index (χ4n) is 4.99. The molecule has 2 heterocycles. The van der Waals surface area contributed by atoms with Gasteiger partial charge in [0.05, 0.1) is 16.6 Å². The first-order valence-corrected chi connectivity index (χ1v) is 12.1. The number of nitrogens with zero attached hydrogens (tertiary/aromatic N) is 3. The van der Waals surface area contributed by atoms with E-state index < -0.39 is 0 Å². The lowest BCUT2D eigenvalue weighted by Crippen LogP contribution is -2.46. The summed E-state index contributed by atoms with van der Waals surface area (Å²) in [4.78, 5) is 18.5. The van der Waals surface area contributed by atoms with Gasteiger partial charge in [-0.05, 0) is 32.4 Å². The number of fused-ring (bicyclic) bond motifs is 2. The number of ketones is 1. The summed E-state index contributed by atoms with van der Waals surface area (Å²) in [5.41, 5.74) is 4.84. The van der Waals surface area contributed by atoms with Gasteiger partial charge in [0.15, 0.2) is 11.5 Å². The van der Waals surface area contributed by atoms with Gasteiger partial charge in [0.2, 0.25) is 0 Å². The van der Waals surface area contributed by atoms with Gasteiger partial charge in [-0.1, -0.05) is 36.3 Å². The first kappa shape index (κ1) is 21.9. The summed E-state index contributed by atoms with van der Waals surface area (Å²) in [6.45, 7) is 11.4. The van der Waals surface area contributed by atoms with E-state index in [1.807, 2.05) is 31.2 Å². The van der Waals surface area contributed by atoms with Crippen LogP contribution < -0.4 is 10.2 Å². The van der Waals surface area contributed by atoms with Crippen molar-refractivity contribution in [2.24, 2.45) is 0 Å². The Morgan fingerprint density at radius 2 is 1.91 bits per heavy atom. The zero-order valence-corrected chi connectivity index (χ0v) is 19.5. The molecule has 0 bridgehead atoms. The van der Waals surface area contributed by atoms with Crippen LogP contribution >= 0.6 is 0 Å². The number of piperazine rings is 1. The summed E-state index contributed by atoms with van der Waals surface area (Å²) >= 11 is 0. The molecule has 3 aromatic rings. The van der Waals surface area contributed by atoms with E-state index in [-0.39, 0.29) is 5.78 Å². The number of carbonyl (C=O) groups excluding carboxylic acids is 1. The van der Waals surface area contributed by atoms with Crippen LogP contribution in [0.5, 0.6) is 0 Å². The summed E-state index contributed by atoms with van der Waals surface area (Å²) < 4.78 is 11.4. The SMILES string of the molecule is CCCN1CCN(c2cc(NCCCOCC)c3c4c(onc24)-c2ccccc2C3=O)CC1. The maximum Gasteiger partial charge on any atom is 0.196 e. The fraction of sp³-hybridized carbons (Fsp3) is 0.462. The lowest BCUT2D eigenvalue weighted by atomic mass is 9.86. The summed E-state index contributed by atoms with van der Waals surface area (Å²) in [7, 11) is 0. The molecule has 7 heteroatoms. The highest BCUT2D eigenvalue weighted by Gasteiger charge is 2.34. The van der Waals surface area contributed by atoms with Crippen LogP contribution in [0, 0.1) is 0 Å². The third-order valence-corrected chi connectivity index (χ3v) is 6.62. The molecule has 7 nitrogen and oxygen atoms in total. The monoisotopic (exact) mass is 448 g/mol. The molecule has 1 N–H and O–H groups in total. The molecular formula is C26H32N4O3. The molecule has 0 saturated carbocycles. The molecule has 0 radical (unpaired) electrons. The number of nitrogens with one attached hydrogen (secondary N) is 1. The Morgan fingerprint density at radius 1 is 1.12 bits per heavy atom. The third kappa shape index (κ3) is 4.00. The summed E-state index contributed by atoms with van der Waals surface area (Å²) in [5, 5.41) is 8.85. The first-order chi connectivity index (χ1) is 16.2. The highest BCUT2D eigenvalue weighted by atomic mass is 16.5. The number of rotatable bonds is 9. The van der Waals surface area contributed by atoms with Crippen LogP contribution in [0.2, 0.25) is 0 Å². The standard InChI is InChI=1S/C26H32N4O3/c1-3-11-29-12-14-30(15-13-29)21-17-20(27-10-7-16-32-4-2)22-23-24(21)28-33-26(23)19-9-6-5-8-18(19)25(22)31/h5-6,8-9,17,27H,3-4,7,10-16H2,1-2H3. The van der Waals surface area contributed by atoms with E-state index >= 15 is 0 Å². The lowest BCUT2D eigenvalue weighted by Gasteiger charge is -2.36. The molecule has 174 valence electrons. The van der Waals surface area contributed by atoms with Crippen molar-refractivity contribution in [3.05, 3.63) is 41.5 Å². The van der Waals surface area contributed by atoms with Gasteiger partial charge >= 0.3 is 0 Å². The predicted octanol–water partition coefficient (Wildman–Crippen LogP) is 4.41. The van der Waals surface area contributed by atoms with E-state index in [1.54, 1.807) is 0 Å². The smallest absolute Gasteiger partial charge is 0.196 e. The molecule has 2 aromatic carbocycles. The average molecular weight is 449 g/mol. The molecule has 33 heavy (non-hydrogen) atoms. The third-order valence-electron chi connectivity index (χ3n) is 6.62. The van der Waals surface area contributed by atoms with Gasteiger partial charge in [-0.2, -0.15) is 0 Å². The molecule has 2 aliphatic rings. The number of aromatic nitrogens is 1. The second-order valence-corrected chi connectivity index (χ2v) is 8.73. The summed E-state index contributed by atoms with van der Waals surface area (Å²) in [6.07, 6.45) is 2.04. The topological polar surface area (TPSA) is 70.8 Å². The first-order valence-electron chi connectivity index (χ1n) is 12.1. The Bertz CT molecular complexity index is 1150. The molecule has 5 rings (SSSR count). The molecule has 1 aliphatic heterocycles. The molecule has 0 atom stereocenters. The Kier molecular flexibility index (Phi) is 6.33. The highest BCUT2D eigenvalue weighted by Crippen LogP contribution is 2.45. The lowest BCUT2D eigenvalue weighted by molar-refractivity contribution is 0.104. The van der Waals surface area contributed by atoms with Gasteiger partial charge < -0.3 is 19.5 Å². The van der Waals surface area contributed by atoms with E-state index in [0.29, 0.717) is 30.1 Å². The highest BCUT2D eigenvalue weighted by molar-refractivity contribution is 6.28. The number of anilines is 2. The van der Waals surface area contributed by atoms with Gasteiger partial charge in [-0.15, -0.1) is 0 Å². The van der Waals surface area contributed by atoms with Crippen LogP contribution in [-0.2, 0) is 4.74 Å². The van der Waals surface area contributed by atoms with Crippen molar-refractivity contribution in [3.8, 4) is 11.3 Å². The van der Waals surface area contributed by atoms with E-state index in [9.17, 15) is 4.79 Å². The minimum Gasteiger partial charge on any atom is -0.384 e. The molecule has 1 aromatic heterocycles. The zero-order chi connectivity index (χ0) is 22.8. The van der Waals surface area contributed by atoms with Crippen LogP contribution in [0.15, 0.2) is 34.9 Å². The van der Waals surface area contributed by atoms with Crippen LogP contribution in [-0.4, -0.2) is 68.3 Å². The van der Waals surface area contributed by atoms with Crippen molar-refractivity contribution < 1.29 is 14.1 Å². The number of ether oxygens (including phenoxy) is 1. The largest absolute Gasteiger partial charge is 0.384 e. The molecule has 1 saturated heterocycles.